The Morgan fingerprint density at radius 3 is 2.04 bits per heavy atom. The van der Waals surface area contributed by atoms with E-state index in [1.165, 1.54) is 12.7 Å². The largest absolute Gasteiger partial charge is 0.479 e. The van der Waals surface area contributed by atoms with E-state index in [2.05, 4.69) is 29.4 Å². The molecule has 0 aromatic heterocycles. The minimum absolute atomic E-state index is 0.0954. The molecule has 0 amide bonds. The van der Waals surface area contributed by atoms with Crippen molar-refractivity contribution in [3.05, 3.63) is 93.3 Å². The average Bonchev–Trinajstić information content (AvgIpc) is 3.07. The van der Waals surface area contributed by atoms with E-state index in [1.54, 1.807) is 38.1 Å². The minimum Gasteiger partial charge on any atom is -0.479 e. The van der Waals surface area contributed by atoms with Crippen molar-refractivity contribution in [3.8, 4) is 0 Å². The number of esters is 2. The molecular weight excluding hydrogens is 664 g/mol. The molecule has 5 N–H and O–H groups in total. The third-order valence-corrected chi connectivity index (χ3v) is 7.44. The molecule has 2 aromatic rings. The second-order valence-electron chi connectivity index (χ2n) is 10.7. The van der Waals surface area contributed by atoms with Crippen LogP contribution in [0.2, 0.25) is 5.02 Å². The number of benzene rings is 2. The highest BCUT2D eigenvalue weighted by molar-refractivity contribution is 6.31. The van der Waals surface area contributed by atoms with E-state index in [9.17, 15) is 19.2 Å². The number of hydrogen-bond donors (Lipinski definition) is 5. The zero-order chi connectivity index (χ0) is 36.5. The van der Waals surface area contributed by atoms with Crippen molar-refractivity contribution in [2.24, 2.45) is 0 Å². The first-order chi connectivity index (χ1) is 23.3. The molecule has 14 nitrogen and oxygen atoms in total. The van der Waals surface area contributed by atoms with E-state index in [0.717, 1.165) is 13.1 Å². The van der Waals surface area contributed by atoms with Gasteiger partial charge in [-0.2, -0.15) is 0 Å². The Morgan fingerprint density at radius 1 is 0.878 bits per heavy atom. The lowest BCUT2D eigenvalue weighted by Crippen LogP contribution is -2.39. The summed E-state index contributed by atoms with van der Waals surface area (Å²) in [4.78, 5) is 47.8. The Hall–Kier alpha value is -4.31. The molecule has 15 heteroatoms. The van der Waals surface area contributed by atoms with Gasteiger partial charge in [-0.25, -0.2) is 19.2 Å². The number of nitrogens with zero attached hydrogens (tertiary/aromatic N) is 1. The van der Waals surface area contributed by atoms with Crippen molar-refractivity contribution in [2.75, 3.05) is 53.7 Å². The van der Waals surface area contributed by atoms with Gasteiger partial charge < -0.3 is 44.7 Å². The number of carbonyl (C=O) groups is 4. The van der Waals surface area contributed by atoms with Crippen molar-refractivity contribution in [2.45, 2.75) is 38.5 Å². The number of rotatable bonds is 17. The standard InChI is InChI=1S/C30H37ClN2O6.C4H6O6/c1-5-39-30(35)28-25(20-38-18-17-37-16-15-33(3)19-22-11-7-6-8-12-22)32-21(2)26(29(34)36-4)27(28)23-13-9-10-14-24(23)31;5-1(3(7)8)2(6)4(9)10/h6-14,27,32H,5,15-20H2,1-4H3;1-2,5-6H,(H,7,8)(H,9,10)/t27-;/m1./s1. The lowest BCUT2D eigenvalue weighted by molar-refractivity contribution is -0.165. The Morgan fingerprint density at radius 2 is 1.47 bits per heavy atom. The van der Waals surface area contributed by atoms with Crippen LogP contribution in [0.4, 0.5) is 0 Å². The molecular formula is C34H43ClN2O12. The quantitative estimate of drug-likeness (QED) is 0.119. The minimum atomic E-state index is -2.27. The number of aliphatic hydroxyl groups is 2. The first kappa shape index (κ1) is 40.9. The maximum Gasteiger partial charge on any atom is 0.336 e. The molecule has 49 heavy (non-hydrogen) atoms. The van der Waals surface area contributed by atoms with E-state index < -0.39 is 42.0 Å². The number of aliphatic carboxylic acids is 2. The van der Waals surface area contributed by atoms with Crippen LogP contribution >= 0.6 is 11.6 Å². The lowest BCUT2D eigenvalue weighted by atomic mass is 9.80. The first-order valence-electron chi connectivity index (χ1n) is 15.2. The average molecular weight is 707 g/mol. The molecule has 0 saturated heterocycles. The Labute approximate surface area is 289 Å². The molecule has 0 spiro atoms. The van der Waals surface area contributed by atoms with Gasteiger partial charge in [0.15, 0.2) is 12.2 Å². The van der Waals surface area contributed by atoms with Crippen LogP contribution in [0.15, 0.2) is 77.1 Å². The summed E-state index contributed by atoms with van der Waals surface area (Å²) >= 11 is 6.53. The van der Waals surface area contributed by atoms with Gasteiger partial charge in [-0.3, -0.25) is 4.90 Å². The number of likely N-dealkylation sites (N-methyl/N-ethyl adjacent to an activating group) is 1. The molecule has 2 aromatic carbocycles. The molecule has 1 aliphatic rings. The SMILES string of the molecule is CCOC(=O)C1=C(COCCOCCN(C)Cc2ccccc2)NC(C)=C(C(=O)OC)[C@H]1c1ccccc1Cl.O=C(O)C(O)C(O)C(=O)O. The Kier molecular flexibility index (Phi) is 17.4. The number of halogens is 1. The molecule has 1 heterocycles. The van der Waals surface area contributed by atoms with Gasteiger partial charge in [0.05, 0.1) is 62.9 Å². The molecule has 3 atom stereocenters. The first-order valence-corrected chi connectivity index (χ1v) is 15.6. The van der Waals surface area contributed by atoms with Crippen molar-refractivity contribution < 1.29 is 58.6 Å². The fourth-order valence-electron chi connectivity index (χ4n) is 4.72. The van der Waals surface area contributed by atoms with Crippen LogP contribution < -0.4 is 5.32 Å². The van der Waals surface area contributed by atoms with Crippen LogP contribution in [-0.4, -0.2) is 115 Å². The maximum atomic E-state index is 13.2. The summed E-state index contributed by atoms with van der Waals surface area (Å²) in [6.07, 6.45) is -4.53. The second kappa shape index (κ2) is 20.9. The Balaban J connectivity index is 0.000000722. The smallest absolute Gasteiger partial charge is 0.336 e. The van der Waals surface area contributed by atoms with E-state index in [0.29, 0.717) is 47.4 Å². The molecule has 268 valence electrons. The fourth-order valence-corrected chi connectivity index (χ4v) is 4.96. The molecule has 0 saturated carbocycles. The number of carboxylic acid groups (broad SMARTS) is 2. The van der Waals surface area contributed by atoms with Gasteiger partial charge in [0.1, 0.15) is 0 Å². The monoisotopic (exact) mass is 706 g/mol. The molecule has 3 rings (SSSR count). The number of nitrogens with one attached hydrogen (secondary N) is 1. The molecule has 1 aliphatic heterocycles. The van der Waals surface area contributed by atoms with Crippen LogP contribution in [0.5, 0.6) is 0 Å². The number of carbonyl (C=O) groups excluding carboxylic acids is 2. The van der Waals surface area contributed by atoms with Gasteiger partial charge in [-0.15, -0.1) is 0 Å². The van der Waals surface area contributed by atoms with Gasteiger partial charge >= 0.3 is 23.9 Å². The summed E-state index contributed by atoms with van der Waals surface area (Å²) in [7, 11) is 3.36. The highest BCUT2D eigenvalue weighted by atomic mass is 35.5. The van der Waals surface area contributed by atoms with Gasteiger partial charge in [-0.1, -0.05) is 60.1 Å². The van der Waals surface area contributed by atoms with Gasteiger partial charge in [0.2, 0.25) is 0 Å². The normalized spacial score (nSPS) is 15.5. The van der Waals surface area contributed by atoms with Crippen molar-refractivity contribution in [1.29, 1.82) is 0 Å². The molecule has 2 unspecified atom stereocenters. The number of aliphatic hydroxyl groups excluding tert-OH is 2. The molecule has 0 radical (unpaired) electrons. The molecule has 0 aliphatic carbocycles. The third-order valence-electron chi connectivity index (χ3n) is 7.10. The fraction of sp³-hybridized carbons (Fsp3) is 0.412. The highest BCUT2D eigenvalue weighted by Crippen LogP contribution is 2.41. The number of ether oxygens (including phenoxy) is 4. The zero-order valence-corrected chi connectivity index (χ0v) is 28.5. The second-order valence-corrected chi connectivity index (χ2v) is 11.1. The lowest BCUT2D eigenvalue weighted by Gasteiger charge is -2.31. The number of methoxy groups -OCH3 is 1. The molecule has 0 bridgehead atoms. The predicted molar refractivity (Wildman–Crippen MR) is 177 cm³/mol. The van der Waals surface area contributed by atoms with Crippen LogP contribution in [-0.2, 0) is 44.7 Å². The number of allylic oxidation sites excluding steroid dienone is 1. The van der Waals surface area contributed by atoms with E-state index in [1.807, 2.05) is 18.2 Å². The van der Waals surface area contributed by atoms with Crippen LogP contribution in [0.1, 0.15) is 30.9 Å². The summed E-state index contributed by atoms with van der Waals surface area (Å²) in [5, 5.41) is 36.1. The van der Waals surface area contributed by atoms with Crippen LogP contribution in [0, 0.1) is 0 Å². The summed E-state index contributed by atoms with van der Waals surface area (Å²) in [6, 6.07) is 17.4. The summed E-state index contributed by atoms with van der Waals surface area (Å²) in [5.41, 5.74) is 3.47. The summed E-state index contributed by atoms with van der Waals surface area (Å²) < 4.78 is 22.1. The van der Waals surface area contributed by atoms with Gasteiger partial charge in [-0.05, 0) is 38.1 Å². The van der Waals surface area contributed by atoms with Crippen molar-refractivity contribution in [3.63, 3.8) is 0 Å². The maximum absolute atomic E-state index is 13.2. The Bertz CT molecular complexity index is 1460. The van der Waals surface area contributed by atoms with Gasteiger partial charge in [0.25, 0.3) is 0 Å². The highest BCUT2D eigenvalue weighted by Gasteiger charge is 2.39. The molecule has 0 fully saturated rings. The van der Waals surface area contributed by atoms with Crippen molar-refractivity contribution in [1.82, 2.24) is 10.2 Å². The van der Waals surface area contributed by atoms with Crippen molar-refractivity contribution >= 4 is 35.5 Å². The van der Waals surface area contributed by atoms with E-state index >= 15 is 0 Å². The topological polar surface area (TPSA) is 201 Å². The predicted octanol–water partition coefficient (Wildman–Crippen LogP) is 2.33. The van der Waals surface area contributed by atoms with Crippen LogP contribution in [0.25, 0.3) is 0 Å². The third kappa shape index (κ3) is 12.6. The van der Waals surface area contributed by atoms with Gasteiger partial charge in [0, 0.05) is 23.8 Å². The zero-order valence-electron chi connectivity index (χ0n) is 27.8. The van der Waals surface area contributed by atoms with Crippen LogP contribution in [0.3, 0.4) is 0 Å². The number of carboxylic acids is 2. The summed E-state index contributed by atoms with van der Waals surface area (Å²) in [6.45, 7) is 6.69. The van der Waals surface area contributed by atoms with E-state index in [4.69, 9.17) is 51.0 Å². The van der Waals surface area contributed by atoms with E-state index in [-0.39, 0.29) is 18.8 Å². The number of hydrogen-bond acceptors (Lipinski definition) is 12. The number of dihydropyridines is 1. The summed E-state index contributed by atoms with van der Waals surface area (Å²) in [5.74, 6) is -5.43.